The number of aromatic amines is 1. The Kier molecular flexibility index (Phi) is 6.11. The van der Waals surface area contributed by atoms with Crippen LogP contribution < -0.4 is 9.64 Å². The van der Waals surface area contributed by atoms with Crippen molar-refractivity contribution in [1.29, 1.82) is 0 Å². The van der Waals surface area contributed by atoms with E-state index in [0.717, 1.165) is 54.0 Å². The minimum absolute atomic E-state index is 0.192. The first kappa shape index (κ1) is 22.3. The van der Waals surface area contributed by atoms with Crippen LogP contribution in [-0.4, -0.2) is 56.7 Å². The molecule has 9 heteroatoms. The van der Waals surface area contributed by atoms with Crippen molar-refractivity contribution < 1.29 is 14.3 Å². The Morgan fingerprint density at radius 2 is 1.97 bits per heavy atom. The van der Waals surface area contributed by atoms with Crippen molar-refractivity contribution in [2.75, 3.05) is 24.6 Å². The Labute approximate surface area is 209 Å². The number of aromatic nitrogens is 4. The smallest absolute Gasteiger partial charge is 0.410 e. The van der Waals surface area contributed by atoms with Crippen LogP contribution in [0.2, 0.25) is 0 Å². The molecule has 1 atom stereocenters. The van der Waals surface area contributed by atoms with Crippen LogP contribution in [0.5, 0.6) is 5.75 Å². The van der Waals surface area contributed by atoms with E-state index < -0.39 is 0 Å². The SMILES string of the molecule is O=C(OCc1ccccc1)N1CCc2cccc(OC[C@H]3CCCN3c3ncnc4nc[nH]c34)c2C1. The van der Waals surface area contributed by atoms with E-state index in [1.165, 1.54) is 5.56 Å². The maximum absolute atomic E-state index is 12.8. The molecule has 2 aromatic carbocycles. The van der Waals surface area contributed by atoms with Crippen molar-refractivity contribution in [3.8, 4) is 5.75 Å². The first-order chi connectivity index (χ1) is 17.8. The third-order valence-corrected chi connectivity index (χ3v) is 6.98. The zero-order valence-electron chi connectivity index (χ0n) is 20.0. The number of carbonyl (C=O) groups excluding carboxylic acids is 1. The molecule has 2 aliphatic rings. The number of nitrogens with one attached hydrogen (secondary N) is 1. The molecular weight excluding hydrogens is 456 g/mol. The average molecular weight is 485 g/mol. The fraction of sp³-hybridized carbons (Fsp3) is 0.333. The van der Waals surface area contributed by atoms with Crippen molar-refractivity contribution in [2.45, 2.75) is 38.5 Å². The second-order valence-electron chi connectivity index (χ2n) is 9.20. The molecule has 0 saturated carbocycles. The molecule has 0 aliphatic carbocycles. The van der Waals surface area contributed by atoms with Gasteiger partial charge in [-0.05, 0) is 36.5 Å². The summed E-state index contributed by atoms with van der Waals surface area (Å²) < 4.78 is 12.0. The number of hydrogen-bond donors (Lipinski definition) is 1. The molecule has 4 aromatic rings. The summed E-state index contributed by atoms with van der Waals surface area (Å²) in [7, 11) is 0. The van der Waals surface area contributed by atoms with E-state index in [-0.39, 0.29) is 18.7 Å². The Morgan fingerprint density at radius 1 is 1.06 bits per heavy atom. The first-order valence-corrected chi connectivity index (χ1v) is 12.4. The Hall–Kier alpha value is -4.14. The van der Waals surface area contributed by atoms with Crippen molar-refractivity contribution in [1.82, 2.24) is 24.8 Å². The van der Waals surface area contributed by atoms with Gasteiger partial charge in [0.2, 0.25) is 0 Å². The van der Waals surface area contributed by atoms with Crippen LogP contribution in [0.1, 0.15) is 29.5 Å². The predicted molar refractivity (Wildman–Crippen MR) is 135 cm³/mol. The summed E-state index contributed by atoms with van der Waals surface area (Å²) in [5.74, 6) is 1.69. The van der Waals surface area contributed by atoms with Gasteiger partial charge in [0, 0.05) is 18.7 Å². The number of fused-ring (bicyclic) bond motifs is 2. The van der Waals surface area contributed by atoms with Crippen molar-refractivity contribution >= 4 is 23.1 Å². The number of H-pyrrole nitrogens is 1. The number of anilines is 1. The molecule has 0 spiro atoms. The second-order valence-corrected chi connectivity index (χ2v) is 9.20. The summed E-state index contributed by atoms with van der Waals surface area (Å²) in [4.78, 5) is 33.0. The fourth-order valence-electron chi connectivity index (χ4n) is 5.10. The average Bonchev–Trinajstić information content (AvgIpc) is 3.60. The van der Waals surface area contributed by atoms with Crippen LogP contribution in [0.4, 0.5) is 10.6 Å². The number of nitrogens with zero attached hydrogens (tertiary/aromatic N) is 5. The predicted octanol–water partition coefficient (Wildman–Crippen LogP) is 4.10. The maximum atomic E-state index is 12.8. The van der Waals surface area contributed by atoms with Crippen molar-refractivity contribution in [2.24, 2.45) is 0 Å². The van der Waals surface area contributed by atoms with Gasteiger partial charge in [0.25, 0.3) is 0 Å². The standard InChI is InChI=1S/C27H28N6O3/c34-27(36-15-19-6-2-1-3-7-19)32-13-11-20-8-4-10-23(22(20)14-32)35-16-21-9-5-12-33(21)26-24-25(29-17-28-24)30-18-31-26/h1-4,6-8,10,17-18,21H,5,9,11-16H2,(H,28,29,30,31)/t21-/m1/s1. The molecule has 2 aromatic heterocycles. The van der Waals surface area contributed by atoms with Crippen LogP contribution in [0.3, 0.4) is 0 Å². The molecule has 0 radical (unpaired) electrons. The molecule has 1 N–H and O–H groups in total. The molecule has 2 aliphatic heterocycles. The number of ether oxygens (including phenoxy) is 2. The van der Waals surface area contributed by atoms with Crippen LogP contribution in [-0.2, 0) is 24.3 Å². The van der Waals surface area contributed by atoms with Gasteiger partial charge in [0.05, 0.1) is 18.9 Å². The lowest BCUT2D eigenvalue weighted by Gasteiger charge is -2.30. The highest BCUT2D eigenvalue weighted by Gasteiger charge is 2.30. The normalized spacial score (nSPS) is 17.3. The number of carbonyl (C=O) groups is 1. The van der Waals surface area contributed by atoms with E-state index in [9.17, 15) is 4.79 Å². The maximum Gasteiger partial charge on any atom is 0.410 e. The quantitative estimate of drug-likeness (QED) is 0.440. The van der Waals surface area contributed by atoms with Gasteiger partial charge >= 0.3 is 6.09 Å². The monoisotopic (exact) mass is 484 g/mol. The summed E-state index contributed by atoms with van der Waals surface area (Å²) in [6.45, 7) is 2.83. The summed E-state index contributed by atoms with van der Waals surface area (Å²) in [6, 6.07) is 16.1. The van der Waals surface area contributed by atoms with Gasteiger partial charge in [0.1, 0.15) is 30.8 Å². The van der Waals surface area contributed by atoms with E-state index in [1.54, 1.807) is 17.6 Å². The van der Waals surface area contributed by atoms with Gasteiger partial charge in [0.15, 0.2) is 11.5 Å². The highest BCUT2D eigenvalue weighted by Crippen LogP contribution is 2.31. The number of benzene rings is 2. The zero-order chi connectivity index (χ0) is 24.3. The molecule has 6 rings (SSSR count). The van der Waals surface area contributed by atoms with Gasteiger partial charge in [-0.2, -0.15) is 0 Å². The molecular formula is C27H28N6O3. The number of rotatable bonds is 6. The molecule has 1 saturated heterocycles. The van der Waals surface area contributed by atoms with Gasteiger partial charge in [-0.15, -0.1) is 0 Å². The minimum atomic E-state index is -0.298. The lowest BCUT2D eigenvalue weighted by molar-refractivity contribution is 0.0913. The number of imidazole rings is 1. The summed E-state index contributed by atoms with van der Waals surface area (Å²) in [6.07, 6.45) is 5.79. The Bertz CT molecular complexity index is 1360. The van der Waals surface area contributed by atoms with E-state index in [1.807, 2.05) is 42.5 Å². The van der Waals surface area contributed by atoms with Gasteiger partial charge in [-0.3, -0.25) is 0 Å². The molecule has 4 heterocycles. The topological polar surface area (TPSA) is 96.5 Å². The van der Waals surface area contributed by atoms with Crippen LogP contribution in [0.25, 0.3) is 11.2 Å². The third-order valence-electron chi connectivity index (χ3n) is 6.98. The lowest BCUT2D eigenvalue weighted by atomic mass is 9.99. The second kappa shape index (κ2) is 9.85. The molecule has 1 fully saturated rings. The molecule has 9 nitrogen and oxygen atoms in total. The molecule has 1 amide bonds. The lowest BCUT2D eigenvalue weighted by Crippen LogP contribution is -2.37. The summed E-state index contributed by atoms with van der Waals surface area (Å²) >= 11 is 0. The van der Waals surface area contributed by atoms with Crippen molar-refractivity contribution in [3.63, 3.8) is 0 Å². The zero-order valence-corrected chi connectivity index (χ0v) is 20.0. The van der Waals surface area contributed by atoms with E-state index in [2.05, 4.69) is 30.9 Å². The number of hydrogen-bond acceptors (Lipinski definition) is 7. The van der Waals surface area contributed by atoms with Gasteiger partial charge < -0.3 is 24.3 Å². The minimum Gasteiger partial charge on any atom is -0.491 e. The summed E-state index contributed by atoms with van der Waals surface area (Å²) in [5.41, 5.74) is 4.78. The van der Waals surface area contributed by atoms with Gasteiger partial charge in [-0.1, -0.05) is 42.5 Å². The molecule has 36 heavy (non-hydrogen) atoms. The molecule has 184 valence electrons. The van der Waals surface area contributed by atoms with Crippen LogP contribution in [0, 0.1) is 0 Å². The van der Waals surface area contributed by atoms with Crippen LogP contribution >= 0.6 is 0 Å². The van der Waals surface area contributed by atoms with Crippen LogP contribution in [0.15, 0.2) is 61.2 Å². The highest BCUT2D eigenvalue weighted by atomic mass is 16.6. The van der Waals surface area contributed by atoms with E-state index >= 15 is 0 Å². The third kappa shape index (κ3) is 4.44. The fourth-order valence-corrected chi connectivity index (χ4v) is 5.10. The number of amides is 1. The first-order valence-electron chi connectivity index (χ1n) is 12.4. The highest BCUT2D eigenvalue weighted by molar-refractivity contribution is 5.83. The van der Waals surface area contributed by atoms with E-state index in [4.69, 9.17) is 9.47 Å². The van der Waals surface area contributed by atoms with E-state index in [0.29, 0.717) is 25.3 Å². The Balaban J connectivity index is 1.13. The molecule has 0 unspecified atom stereocenters. The van der Waals surface area contributed by atoms with Crippen molar-refractivity contribution in [3.05, 3.63) is 77.9 Å². The summed E-state index contributed by atoms with van der Waals surface area (Å²) in [5, 5.41) is 0. The molecule has 0 bridgehead atoms. The Morgan fingerprint density at radius 3 is 2.89 bits per heavy atom. The van der Waals surface area contributed by atoms with Gasteiger partial charge in [-0.25, -0.2) is 19.7 Å². The largest absolute Gasteiger partial charge is 0.491 e.